The van der Waals surface area contributed by atoms with Gasteiger partial charge < -0.3 is 10.1 Å². The third-order valence-electron chi connectivity index (χ3n) is 5.30. The van der Waals surface area contributed by atoms with Crippen LogP contribution >= 0.6 is 0 Å². The highest BCUT2D eigenvalue weighted by Crippen LogP contribution is 2.23. The first-order chi connectivity index (χ1) is 15.6. The van der Waals surface area contributed by atoms with Gasteiger partial charge in [0.15, 0.2) is 0 Å². The number of amides is 1. The Balaban J connectivity index is 1.52. The van der Waals surface area contributed by atoms with Crippen molar-refractivity contribution in [1.82, 2.24) is 9.62 Å². The van der Waals surface area contributed by atoms with Crippen LogP contribution in [-0.4, -0.2) is 65.6 Å². The molecule has 0 unspecified atom stereocenters. The number of hydrogen-bond acceptors (Lipinski definition) is 6. The summed E-state index contributed by atoms with van der Waals surface area (Å²) in [7, 11) is -7.15. The lowest BCUT2D eigenvalue weighted by Crippen LogP contribution is -2.48. The lowest BCUT2D eigenvalue weighted by Gasteiger charge is -2.28. The van der Waals surface area contributed by atoms with Crippen molar-refractivity contribution in [2.75, 3.05) is 36.8 Å². The van der Waals surface area contributed by atoms with E-state index in [-0.39, 0.29) is 18.0 Å². The minimum Gasteiger partial charge on any atom is -0.492 e. The standard InChI is InChI=1S/C22H29N3O6S2/c1-18(25(32(2,27)28)19-8-4-3-5-9-19)22(26)23-14-17-31-20-10-12-21(13-11-20)33(29,30)24-15-6-7-16-24/h3-5,8-13,18H,6-7,14-17H2,1-2H3,(H,23,26)/t18-/m0/s1. The Bertz CT molecular complexity index is 1150. The molecule has 0 aromatic heterocycles. The van der Waals surface area contributed by atoms with Crippen LogP contribution < -0.4 is 14.4 Å². The van der Waals surface area contributed by atoms with Crippen LogP contribution in [0.4, 0.5) is 5.69 Å². The number of sulfonamides is 2. The van der Waals surface area contributed by atoms with Crippen molar-refractivity contribution in [2.45, 2.75) is 30.7 Å². The van der Waals surface area contributed by atoms with E-state index in [9.17, 15) is 21.6 Å². The second kappa shape index (κ2) is 10.5. The maximum absolute atomic E-state index is 12.6. The summed E-state index contributed by atoms with van der Waals surface area (Å²) in [6, 6.07) is 13.6. The van der Waals surface area contributed by atoms with E-state index in [2.05, 4.69) is 5.32 Å². The third kappa shape index (κ3) is 6.24. The molecule has 1 heterocycles. The van der Waals surface area contributed by atoms with E-state index < -0.39 is 32.0 Å². The summed E-state index contributed by atoms with van der Waals surface area (Å²) in [5.41, 5.74) is 0.405. The molecule has 1 atom stereocenters. The lowest BCUT2D eigenvalue weighted by molar-refractivity contribution is -0.121. The number of carbonyl (C=O) groups excluding carboxylic acids is 1. The average Bonchev–Trinajstić information content (AvgIpc) is 3.33. The minimum absolute atomic E-state index is 0.140. The molecule has 1 aliphatic rings. The first-order valence-corrected chi connectivity index (χ1v) is 13.9. The second-order valence-corrected chi connectivity index (χ2v) is 11.6. The molecule has 0 bridgehead atoms. The Morgan fingerprint density at radius 1 is 1.03 bits per heavy atom. The minimum atomic E-state index is -3.67. The Morgan fingerprint density at radius 3 is 2.21 bits per heavy atom. The molecule has 2 aromatic rings. The molecule has 1 aliphatic heterocycles. The number of hydrogen-bond donors (Lipinski definition) is 1. The first kappa shape index (κ1) is 25.0. The third-order valence-corrected chi connectivity index (χ3v) is 8.45. The number of anilines is 1. The van der Waals surface area contributed by atoms with Gasteiger partial charge in [0, 0.05) is 13.1 Å². The summed E-state index contributed by atoms with van der Waals surface area (Å²) in [4.78, 5) is 12.8. The van der Waals surface area contributed by atoms with Crippen LogP contribution in [0.5, 0.6) is 5.75 Å². The normalized spacial score (nSPS) is 15.7. The van der Waals surface area contributed by atoms with E-state index in [0.717, 1.165) is 23.4 Å². The van der Waals surface area contributed by atoms with Crippen molar-refractivity contribution >= 4 is 31.6 Å². The predicted molar refractivity (Wildman–Crippen MR) is 126 cm³/mol. The number of para-hydroxylation sites is 1. The fourth-order valence-corrected chi connectivity index (χ4v) is 6.35. The number of nitrogens with zero attached hydrogens (tertiary/aromatic N) is 2. The van der Waals surface area contributed by atoms with E-state index in [4.69, 9.17) is 4.74 Å². The maximum atomic E-state index is 12.6. The molecule has 1 N–H and O–H groups in total. The van der Waals surface area contributed by atoms with Gasteiger partial charge >= 0.3 is 0 Å². The first-order valence-electron chi connectivity index (χ1n) is 10.7. The van der Waals surface area contributed by atoms with Gasteiger partial charge in [0.05, 0.1) is 23.4 Å². The largest absolute Gasteiger partial charge is 0.492 e. The summed E-state index contributed by atoms with van der Waals surface area (Å²) in [5.74, 6) is 0.0136. The molecular formula is C22H29N3O6S2. The van der Waals surface area contributed by atoms with Crippen molar-refractivity contribution in [3.8, 4) is 5.75 Å². The van der Waals surface area contributed by atoms with Crippen LogP contribution in [-0.2, 0) is 24.8 Å². The van der Waals surface area contributed by atoms with E-state index in [0.29, 0.717) is 24.5 Å². The molecule has 1 saturated heterocycles. The smallest absolute Gasteiger partial charge is 0.243 e. The zero-order chi connectivity index (χ0) is 24.1. The summed E-state index contributed by atoms with van der Waals surface area (Å²) in [6.07, 6.45) is 2.80. The molecule has 1 fully saturated rings. The van der Waals surface area contributed by atoms with Crippen molar-refractivity contribution < 1.29 is 26.4 Å². The maximum Gasteiger partial charge on any atom is 0.243 e. The number of carbonyl (C=O) groups is 1. The summed E-state index contributed by atoms with van der Waals surface area (Å²) in [6.45, 7) is 2.90. The zero-order valence-electron chi connectivity index (χ0n) is 18.7. The summed E-state index contributed by atoms with van der Waals surface area (Å²) in [5, 5.41) is 2.68. The number of nitrogens with one attached hydrogen (secondary N) is 1. The van der Waals surface area contributed by atoms with Crippen molar-refractivity contribution in [2.24, 2.45) is 0 Å². The van der Waals surface area contributed by atoms with Gasteiger partial charge in [0.25, 0.3) is 0 Å². The zero-order valence-corrected chi connectivity index (χ0v) is 20.3. The van der Waals surface area contributed by atoms with E-state index in [1.807, 2.05) is 0 Å². The Hall–Kier alpha value is -2.63. The molecule has 0 spiro atoms. The van der Waals surface area contributed by atoms with E-state index >= 15 is 0 Å². The number of ether oxygens (including phenoxy) is 1. The molecule has 180 valence electrons. The summed E-state index contributed by atoms with van der Waals surface area (Å²) < 4.78 is 57.8. The Labute approximate surface area is 195 Å². The molecule has 11 heteroatoms. The predicted octanol–water partition coefficient (Wildman–Crippen LogP) is 1.82. The molecular weight excluding hydrogens is 466 g/mol. The highest BCUT2D eigenvalue weighted by molar-refractivity contribution is 7.92. The van der Waals surface area contributed by atoms with Crippen LogP contribution in [0.25, 0.3) is 0 Å². The van der Waals surface area contributed by atoms with Gasteiger partial charge in [0.2, 0.25) is 26.0 Å². The van der Waals surface area contributed by atoms with Crippen molar-refractivity contribution in [3.63, 3.8) is 0 Å². The topological polar surface area (TPSA) is 113 Å². The fraction of sp³-hybridized carbons (Fsp3) is 0.409. The van der Waals surface area contributed by atoms with Crippen LogP contribution in [0.3, 0.4) is 0 Å². The van der Waals surface area contributed by atoms with Gasteiger partial charge in [-0.1, -0.05) is 18.2 Å². The van der Waals surface area contributed by atoms with Gasteiger partial charge in [-0.25, -0.2) is 16.8 Å². The van der Waals surface area contributed by atoms with Crippen molar-refractivity contribution in [1.29, 1.82) is 0 Å². The van der Waals surface area contributed by atoms with Gasteiger partial charge in [-0.05, 0) is 56.2 Å². The Morgan fingerprint density at radius 2 is 1.64 bits per heavy atom. The number of benzene rings is 2. The highest BCUT2D eigenvalue weighted by atomic mass is 32.2. The molecule has 1 amide bonds. The lowest BCUT2D eigenvalue weighted by atomic mass is 10.2. The molecule has 33 heavy (non-hydrogen) atoms. The average molecular weight is 496 g/mol. The SMILES string of the molecule is C[C@@H](C(=O)NCCOc1ccc(S(=O)(=O)N2CCCC2)cc1)N(c1ccccc1)S(C)(=O)=O. The van der Waals surface area contributed by atoms with Crippen LogP contribution in [0.1, 0.15) is 19.8 Å². The molecule has 0 saturated carbocycles. The molecule has 9 nitrogen and oxygen atoms in total. The molecule has 2 aromatic carbocycles. The summed E-state index contributed by atoms with van der Waals surface area (Å²) >= 11 is 0. The quantitative estimate of drug-likeness (QED) is 0.503. The van der Waals surface area contributed by atoms with Gasteiger partial charge in [-0.15, -0.1) is 0 Å². The van der Waals surface area contributed by atoms with Crippen molar-refractivity contribution in [3.05, 3.63) is 54.6 Å². The fourth-order valence-electron chi connectivity index (χ4n) is 3.66. The Kier molecular flexibility index (Phi) is 7.98. The monoisotopic (exact) mass is 495 g/mol. The number of rotatable bonds is 10. The van der Waals surface area contributed by atoms with Gasteiger partial charge in [-0.2, -0.15) is 4.31 Å². The van der Waals surface area contributed by atoms with E-state index in [1.54, 1.807) is 42.5 Å². The van der Waals surface area contributed by atoms with Crippen LogP contribution in [0, 0.1) is 0 Å². The van der Waals surface area contributed by atoms with Gasteiger partial charge in [0.1, 0.15) is 18.4 Å². The molecule has 3 rings (SSSR count). The second-order valence-electron chi connectivity index (χ2n) is 7.79. The molecule has 0 radical (unpaired) electrons. The molecule has 0 aliphatic carbocycles. The van der Waals surface area contributed by atoms with Crippen LogP contribution in [0.2, 0.25) is 0 Å². The van der Waals surface area contributed by atoms with Gasteiger partial charge in [-0.3, -0.25) is 9.10 Å². The van der Waals surface area contributed by atoms with Crippen LogP contribution in [0.15, 0.2) is 59.5 Å². The highest BCUT2D eigenvalue weighted by Gasteiger charge is 2.29. The van der Waals surface area contributed by atoms with E-state index in [1.165, 1.54) is 23.4 Å².